The molecule has 3 aliphatic rings. The number of hydrogen-bond acceptors (Lipinski definition) is 3. The van der Waals surface area contributed by atoms with Gasteiger partial charge in [-0.3, -0.25) is 9.89 Å². The third-order valence-corrected chi connectivity index (χ3v) is 8.06. The summed E-state index contributed by atoms with van der Waals surface area (Å²) in [5, 5.41) is 11.8. The molecule has 0 bridgehead atoms. The van der Waals surface area contributed by atoms with Gasteiger partial charge in [-0.15, -0.1) is 0 Å². The van der Waals surface area contributed by atoms with Gasteiger partial charge in [0.2, 0.25) is 5.91 Å². The number of hydrogen-bond donors (Lipinski definition) is 3. The van der Waals surface area contributed by atoms with Gasteiger partial charge in [0, 0.05) is 58.6 Å². The minimum atomic E-state index is -2.61. The van der Waals surface area contributed by atoms with Crippen LogP contribution >= 0.6 is 0 Å². The number of fused-ring (bicyclic) bond motifs is 3. The smallest absolute Gasteiger partial charge is 0.258 e. The van der Waals surface area contributed by atoms with Crippen molar-refractivity contribution < 1.29 is 13.6 Å². The monoisotopic (exact) mass is 439 g/mol. The topological polar surface area (TPSA) is 76.8 Å². The SMILES string of the molecule is CN(C(=O)C1CCNCC1)c1ccc2cc(-c3n[nH]c4c3C[C@@H]3C(F)(F)[C@]3(C)C4)[nH]c2c1. The molecule has 2 aliphatic carbocycles. The molecular weight excluding hydrogens is 412 g/mol. The number of anilines is 1. The molecule has 6 rings (SSSR count). The van der Waals surface area contributed by atoms with Crippen LogP contribution in [0.2, 0.25) is 0 Å². The van der Waals surface area contributed by atoms with Gasteiger partial charge in [0.1, 0.15) is 5.69 Å². The number of carbonyl (C=O) groups is 1. The Balaban J connectivity index is 1.29. The van der Waals surface area contributed by atoms with Gasteiger partial charge >= 0.3 is 0 Å². The van der Waals surface area contributed by atoms with Crippen molar-refractivity contribution in [1.29, 1.82) is 0 Å². The Kier molecular flexibility index (Phi) is 4.13. The summed E-state index contributed by atoms with van der Waals surface area (Å²) < 4.78 is 28.5. The maximum absolute atomic E-state index is 14.3. The van der Waals surface area contributed by atoms with Gasteiger partial charge < -0.3 is 15.2 Å². The number of piperidine rings is 1. The summed E-state index contributed by atoms with van der Waals surface area (Å²) >= 11 is 0. The van der Waals surface area contributed by atoms with Gasteiger partial charge in [0.15, 0.2) is 0 Å². The first-order valence-corrected chi connectivity index (χ1v) is 11.3. The number of aromatic amines is 2. The summed E-state index contributed by atoms with van der Waals surface area (Å²) in [4.78, 5) is 18.1. The molecule has 1 aliphatic heterocycles. The number of amides is 1. The number of rotatable bonds is 3. The molecule has 1 saturated carbocycles. The number of halogens is 2. The third-order valence-electron chi connectivity index (χ3n) is 8.06. The van der Waals surface area contributed by atoms with E-state index in [1.54, 1.807) is 11.8 Å². The standard InChI is InChI=1S/C24H27F2N5O/c1-23-12-19-16(11-20(23)24(23,25)26)21(30-29-19)18-9-14-3-4-15(10-17(14)28-18)31(2)22(32)13-5-7-27-8-6-13/h3-4,9-10,13,20,27-28H,5-8,11-12H2,1-2H3,(H,29,30)/t20-,23+/m0/s1. The van der Waals surface area contributed by atoms with Gasteiger partial charge in [-0.25, -0.2) is 8.78 Å². The molecule has 1 amide bonds. The van der Waals surface area contributed by atoms with E-state index >= 15 is 0 Å². The normalized spacial score (nSPS) is 26.6. The van der Waals surface area contributed by atoms with Crippen LogP contribution < -0.4 is 10.2 Å². The highest BCUT2D eigenvalue weighted by molar-refractivity contribution is 5.97. The number of nitrogens with one attached hydrogen (secondary N) is 3. The van der Waals surface area contributed by atoms with Gasteiger partial charge in [-0.05, 0) is 50.6 Å². The predicted octanol–water partition coefficient (Wildman–Crippen LogP) is 3.89. The largest absolute Gasteiger partial charge is 0.353 e. The molecule has 32 heavy (non-hydrogen) atoms. The molecule has 2 fully saturated rings. The van der Waals surface area contributed by atoms with Crippen LogP contribution in [0.1, 0.15) is 31.0 Å². The first kappa shape index (κ1) is 19.9. The average Bonchev–Trinajstić information content (AvgIpc) is 3.20. The van der Waals surface area contributed by atoms with Gasteiger partial charge in [0.05, 0.1) is 5.69 Å². The zero-order chi connectivity index (χ0) is 22.3. The summed E-state index contributed by atoms with van der Waals surface area (Å²) in [5.74, 6) is -3.01. The van der Waals surface area contributed by atoms with Crippen LogP contribution in [-0.4, -0.2) is 47.1 Å². The minimum Gasteiger partial charge on any atom is -0.353 e. The highest BCUT2D eigenvalue weighted by atomic mass is 19.3. The Bertz CT molecular complexity index is 1220. The maximum atomic E-state index is 14.3. The summed E-state index contributed by atoms with van der Waals surface area (Å²) in [7, 11) is 1.83. The van der Waals surface area contributed by atoms with Crippen molar-refractivity contribution in [3.63, 3.8) is 0 Å². The van der Waals surface area contributed by atoms with E-state index in [1.165, 1.54) is 0 Å². The fraction of sp³-hybridized carbons (Fsp3) is 0.500. The van der Waals surface area contributed by atoms with Crippen molar-refractivity contribution >= 4 is 22.5 Å². The molecule has 0 spiro atoms. The van der Waals surface area contributed by atoms with E-state index in [9.17, 15) is 13.6 Å². The van der Waals surface area contributed by atoms with E-state index in [0.717, 1.165) is 65.2 Å². The highest BCUT2D eigenvalue weighted by Gasteiger charge is 2.78. The van der Waals surface area contributed by atoms with E-state index in [4.69, 9.17) is 0 Å². The van der Waals surface area contributed by atoms with E-state index in [0.29, 0.717) is 12.8 Å². The predicted molar refractivity (Wildman–Crippen MR) is 119 cm³/mol. The van der Waals surface area contributed by atoms with Crippen molar-refractivity contribution in [2.45, 2.75) is 38.5 Å². The van der Waals surface area contributed by atoms with E-state index in [2.05, 4.69) is 20.5 Å². The van der Waals surface area contributed by atoms with E-state index in [1.807, 2.05) is 31.3 Å². The lowest BCUT2D eigenvalue weighted by atomic mass is 9.87. The Labute approximate surface area is 184 Å². The fourth-order valence-electron chi connectivity index (χ4n) is 5.75. The molecule has 0 radical (unpaired) electrons. The van der Waals surface area contributed by atoms with Crippen LogP contribution in [0.3, 0.4) is 0 Å². The minimum absolute atomic E-state index is 0.0537. The molecular formula is C24H27F2N5O. The van der Waals surface area contributed by atoms with Crippen molar-refractivity contribution in [1.82, 2.24) is 20.5 Å². The van der Waals surface area contributed by atoms with Gasteiger partial charge in [0.25, 0.3) is 5.92 Å². The summed E-state index contributed by atoms with van der Waals surface area (Å²) in [6, 6.07) is 7.92. The van der Waals surface area contributed by atoms with Crippen LogP contribution in [0.5, 0.6) is 0 Å². The second kappa shape index (κ2) is 6.63. The molecule has 1 aromatic carbocycles. The molecule has 3 aromatic rings. The lowest BCUT2D eigenvalue weighted by molar-refractivity contribution is -0.122. The maximum Gasteiger partial charge on any atom is 0.258 e. The molecule has 8 heteroatoms. The van der Waals surface area contributed by atoms with E-state index < -0.39 is 17.3 Å². The first-order valence-electron chi connectivity index (χ1n) is 11.3. The van der Waals surface area contributed by atoms with Crippen LogP contribution in [-0.2, 0) is 17.6 Å². The van der Waals surface area contributed by atoms with Crippen molar-refractivity contribution in [3.05, 3.63) is 35.5 Å². The Morgan fingerprint density at radius 2 is 2.00 bits per heavy atom. The first-order chi connectivity index (χ1) is 15.3. The Hall–Kier alpha value is -2.74. The second-order valence-electron chi connectivity index (χ2n) is 9.88. The molecule has 3 N–H and O–H groups in total. The van der Waals surface area contributed by atoms with Crippen LogP contribution in [0, 0.1) is 17.3 Å². The molecule has 168 valence electrons. The number of H-pyrrole nitrogens is 2. The summed E-state index contributed by atoms with van der Waals surface area (Å²) in [6.07, 6.45) is 2.41. The fourth-order valence-corrected chi connectivity index (χ4v) is 5.75. The summed E-state index contributed by atoms with van der Waals surface area (Å²) in [6.45, 7) is 3.43. The zero-order valence-electron chi connectivity index (χ0n) is 18.3. The summed E-state index contributed by atoms with van der Waals surface area (Å²) in [5.41, 5.74) is 4.06. The number of nitrogens with zero attached hydrogens (tertiary/aromatic N) is 2. The lowest BCUT2D eigenvalue weighted by Crippen LogP contribution is -2.39. The highest BCUT2D eigenvalue weighted by Crippen LogP contribution is 2.70. The lowest BCUT2D eigenvalue weighted by Gasteiger charge is -2.27. The molecule has 2 aromatic heterocycles. The van der Waals surface area contributed by atoms with E-state index in [-0.39, 0.29) is 11.8 Å². The molecule has 1 saturated heterocycles. The molecule has 6 nitrogen and oxygen atoms in total. The number of aromatic nitrogens is 3. The van der Waals surface area contributed by atoms with Crippen LogP contribution in [0.15, 0.2) is 24.3 Å². The third kappa shape index (κ3) is 2.71. The van der Waals surface area contributed by atoms with Crippen molar-refractivity contribution in [2.75, 3.05) is 25.0 Å². The number of benzene rings is 1. The zero-order valence-corrected chi connectivity index (χ0v) is 18.3. The quantitative estimate of drug-likeness (QED) is 0.580. The molecule has 0 unspecified atom stereocenters. The second-order valence-corrected chi connectivity index (χ2v) is 9.88. The Morgan fingerprint density at radius 1 is 1.22 bits per heavy atom. The van der Waals surface area contributed by atoms with Crippen LogP contribution in [0.4, 0.5) is 14.5 Å². The number of carbonyl (C=O) groups excluding carboxylic acids is 1. The Morgan fingerprint density at radius 3 is 2.78 bits per heavy atom. The number of alkyl halides is 2. The van der Waals surface area contributed by atoms with Crippen molar-refractivity contribution in [2.24, 2.45) is 17.3 Å². The molecule has 3 heterocycles. The average molecular weight is 440 g/mol. The molecule has 2 atom stereocenters. The van der Waals surface area contributed by atoms with Gasteiger partial charge in [-0.1, -0.05) is 13.0 Å². The van der Waals surface area contributed by atoms with Crippen LogP contribution in [0.25, 0.3) is 22.3 Å². The van der Waals surface area contributed by atoms with Crippen molar-refractivity contribution in [3.8, 4) is 11.4 Å². The van der Waals surface area contributed by atoms with Gasteiger partial charge in [-0.2, -0.15) is 5.10 Å².